The van der Waals surface area contributed by atoms with E-state index in [0.29, 0.717) is 0 Å². The van der Waals surface area contributed by atoms with Crippen LogP contribution in [0.2, 0.25) is 0 Å². The molecule has 230 valence electrons. The predicted molar refractivity (Wildman–Crippen MR) is 174 cm³/mol. The molecule has 0 amide bonds. The minimum absolute atomic E-state index is 1.07. The summed E-state index contributed by atoms with van der Waals surface area (Å²) in [7, 11) is 0. The molecule has 0 bridgehead atoms. The Morgan fingerprint density at radius 1 is 0.211 bits per heavy atom. The van der Waals surface area contributed by atoms with E-state index in [-0.39, 0.29) is 0 Å². The Kier molecular flexibility index (Phi) is 36.7. The molecular formula is C34H74N4. The topological polar surface area (TPSA) is 48.1 Å². The van der Waals surface area contributed by atoms with Gasteiger partial charge in [0.25, 0.3) is 0 Å². The lowest BCUT2D eigenvalue weighted by molar-refractivity contribution is 0.525. The van der Waals surface area contributed by atoms with Gasteiger partial charge in [0, 0.05) is 39.3 Å². The fourth-order valence-electron chi connectivity index (χ4n) is 5.21. The van der Waals surface area contributed by atoms with Gasteiger partial charge in [-0.15, -0.1) is 0 Å². The Labute approximate surface area is 241 Å². The summed E-state index contributed by atoms with van der Waals surface area (Å²) in [6, 6.07) is 0. The van der Waals surface area contributed by atoms with E-state index >= 15 is 0 Å². The molecule has 4 heteroatoms. The molecule has 4 nitrogen and oxygen atoms in total. The van der Waals surface area contributed by atoms with E-state index in [1.165, 1.54) is 167 Å². The van der Waals surface area contributed by atoms with Crippen LogP contribution in [0.5, 0.6) is 0 Å². The number of hydrogen-bond donors (Lipinski definition) is 4. The highest BCUT2D eigenvalue weighted by atomic mass is 15.0. The van der Waals surface area contributed by atoms with E-state index in [4.69, 9.17) is 0 Å². The summed E-state index contributed by atoms with van der Waals surface area (Å²) in [4.78, 5) is 0. The largest absolute Gasteiger partial charge is 0.315 e. The van der Waals surface area contributed by atoms with Gasteiger partial charge in [0.2, 0.25) is 0 Å². The van der Waals surface area contributed by atoms with Crippen molar-refractivity contribution >= 4 is 0 Å². The quantitative estimate of drug-likeness (QED) is 0.0609. The molecule has 0 saturated heterocycles. The van der Waals surface area contributed by atoms with Crippen LogP contribution < -0.4 is 21.3 Å². The summed E-state index contributed by atoms with van der Waals surface area (Å²) in [5, 5.41) is 14.3. The van der Waals surface area contributed by atoms with Crippen molar-refractivity contribution < 1.29 is 0 Å². The summed E-state index contributed by atoms with van der Waals surface area (Å²) in [5.74, 6) is 0. The first kappa shape index (κ1) is 37.8. The smallest absolute Gasteiger partial charge is 0.00772 e. The van der Waals surface area contributed by atoms with Crippen LogP contribution in [-0.2, 0) is 0 Å². The van der Waals surface area contributed by atoms with Crippen LogP contribution in [0.25, 0.3) is 0 Å². The van der Waals surface area contributed by atoms with Gasteiger partial charge in [0.05, 0.1) is 0 Å². The maximum absolute atomic E-state index is 3.59. The van der Waals surface area contributed by atoms with Gasteiger partial charge < -0.3 is 21.3 Å². The van der Waals surface area contributed by atoms with Crippen molar-refractivity contribution in [2.75, 3.05) is 52.4 Å². The molecule has 0 aliphatic rings. The number of unbranched alkanes of at least 4 members (excludes halogenated alkanes) is 22. The van der Waals surface area contributed by atoms with Crippen molar-refractivity contribution in [2.45, 2.75) is 168 Å². The van der Waals surface area contributed by atoms with Crippen molar-refractivity contribution in [3.8, 4) is 0 Å². The maximum Gasteiger partial charge on any atom is 0.00772 e. The van der Waals surface area contributed by atoms with E-state index in [9.17, 15) is 0 Å². The lowest BCUT2D eigenvalue weighted by Gasteiger charge is -2.09. The fraction of sp³-hybridized carbons (Fsp3) is 1.00. The summed E-state index contributed by atoms with van der Waals surface area (Å²) >= 11 is 0. The second-order valence-electron chi connectivity index (χ2n) is 11.8. The Bertz CT molecular complexity index is 355. The Morgan fingerprint density at radius 2 is 0.395 bits per heavy atom. The zero-order valence-corrected chi connectivity index (χ0v) is 26.6. The average Bonchev–Trinajstić information content (AvgIpc) is 2.93. The van der Waals surface area contributed by atoms with E-state index < -0.39 is 0 Å². The highest BCUT2D eigenvalue weighted by Gasteiger charge is 1.96. The molecule has 0 fully saturated rings. The summed E-state index contributed by atoms with van der Waals surface area (Å²) in [6.07, 6.45) is 34.3. The van der Waals surface area contributed by atoms with Gasteiger partial charge in [0.1, 0.15) is 0 Å². The monoisotopic (exact) mass is 539 g/mol. The first-order chi connectivity index (χ1) is 18.9. The molecule has 0 aliphatic heterocycles. The van der Waals surface area contributed by atoms with Gasteiger partial charge in [-0.25, -0.2) is 0 Å². The molecule has 0 radical (unpaired) electrons. The second kappa shape index (κ2) is 36.8. The summed E-state index contributed by atoms with van der Waals surface area (Å²) in [5.41, 5.74) is 0. The van der Waals surface area contributed by atoms with Gasteiger partial charge in [-0.2, -0.15) is 0 Å². The first-order valence-corrected chi connectivity index (χ1v) is 17.7. The predicted octanol–water partition coefficient (Wildman–Crippen LogP) is 8.75. The van der Waals surface area contributed by atoms with E-state index in [1.54, 1.807) is 0 Å². The highest BCUT2D eigenvalue weighted by molar-refractivity contribution is 4.58. The summed E-state index contributed by atoms with van der Waals surface area (Å²) in [6.45, 7) is 13.5. The molecule has 0 unspecified atom stereocenters. The highest BCUT2D eigenvalue weighted by Crippen LogP contribution is 2.12. The second-order valence-corrected chi connectivity index (χ2v) is 11.8. The van der Waals surface area contributed by atoms with Gasteiger partial charge in [0.15, 0.2) is 0 Å². The minimum Gasteiger partial charge on any atom is -0.315 e. The van der Waals surface area contributed by atoms with Crippen molar-refractivity contribution in [3.63, 3.8) is 0 Å². The maximum atomic E-state index is 3.59. The lowest BCUT2D eigenvalue weighted by atomic mass is 10.1. The Morgan fingerprint density at radius 3 is 0.632 bits per heavy atom. The number of hydrogen-bond acceptors (Lipinski definition) is 4. The molecule has 0 aromatic heterocycles. The third-order valence-electron chi connectivity index (χ3n) is 7.85. The van der Waals surface area contributed by atoms with E-state index in [1.807, 2.05) is 0 Å². The molecule has 0 heterocycles. The minimum atomic E-state index is 1.07. The number of rotatable bonds is 35. The van der Waals surface area contributed by atoms with E-state index in [0.717, 1.165) is 39.3 Å². The molecule has 0 spiro atoms. The van der Waals surface area contributed by atoms with Crippen LogP contribution in [0.4, 0.5) is 0 Å². The molecule has 0 aromatic rings. The molecule has 0 rings (SSSR count). The van der Waals surface area contributed by atoms with Crippen molar-refractivity contribution in [2.24, 2.45) is 0 Å². The van der Waals surface area contributed by atoms with Crippen LogP contribution in [0, 0.1) is 0 Å². The van der Waals surface area contributed by atoms with Crippen LogP contribution in [0.3, 0.4) is 0 Å². The first-order valence-electron chi connectivity index (χ1n) is 17.7. The van der Waals surface area contributed by atoms with Gasteiger partial charge in [-0.1, -0.05) is 155 Å². The molecule has 38 heavy (non-hydrogen) atoms. The standard InChI is InChI=1S/C34H74N4/c1-3-5-7-9-11-13-15-17-19-21-23-25-27-35-29-31-37-33-34-38-32-30-36-28-26-24-22-20-18-16-14-12-10-8-6-4-2/h35-38H,3-34H2,1-2H3. The summed E-state index contributed by atoms with van der Waals surface area (Å²) < 4.78 is 0. The molecule has 0 aliphatic carbocycles. The van der Waals surface area contributed by atoms with Crippen LogP contribution in [0.1, 0.15) is 168 Å². The third-order valence-corrected chi connectivity index (χ3v) is 7.85. The third kappa shape index (κ3) is 35.8. The van der Waals surface area contributed by atoms with Crippen molar-refractivity contribution in [1.29, 1.82) is 0 Å². The van der Waals surface area contributed by atoms with Crippen LogP contribution in [0.15, 0.2) is 0 Å². The lowest BCUT2D eigenvalue weighted by Crippen LogP contribution is -2.35. The van der Waals surface area contributed by atoms with Gasteiger partial charge in [-0.3, -0.25) is 0 Å². The SMILES string of the molecule is CCCCCCCCCCCCCCNCCNCCNCCNCCCCCCCCCCCCCC. The Balaban J connectivity index is 3.01. The molecule has 0 atom stereocenters. The zero-order chi connectivity index (χ0) is 27.5. The fourth-order valence-corrected chi connectivity index (χ4v) is 5.21. The molecule has 0 saturated carbocycles. The Hall–Kier alpha value is -0.160. The van der Waals surface area contributed by atoms with Crippen molar-refractivity contribution in [1.82, 2.24) is 21.3 Å². The normalized spacial score (nSPS) is 11.5. The zero-order valence-electron chi connectivity index (χ0n) is 26.6. The molecule has 4 N–H and O–H groups in total. The van der Waals surface area contributed by atoms with Crippen molar-refractivity contribution in [3.05, 3.63) is 0 Å². The van der Waals surface area contributed by atoms with Gasteiger partial charge >= 0.3 is 0 Å². The molecule has 0 aromatic carbocycles. The van der Waals surface area contributed by atoms with E-state index in [2.05, 4.69) is 35.1 Å². The molecular weight excluding hydrogens is 464 g/mol. The van der Waals surface area contributed by atoms with Crippen LogP contribution in [-0.4, -0.2) is 52.4 Å². The number of nitrogens with one attached hydrogen (secondary N) is 4. The van der Waals surface area contributed by atoms with Crippen LogP contribution >= 0.6 is 0 Å². The average molecular weight is 539 g/mol. The van der Waals surface area contributed by atoms with Gasteiger partial charge in [-0.05, 0) is 25.9 Å².